The van der Waals surface area contributed by atoms with E-state index in [1.54, 1.807) is 0 Å². The van der Waals surface area contributed by atoms with Crippen molar-refractivity contribution in [3.63, 3.8) is 0 Å². The maximum absolute atomic E-state index is 13.2. The fourth-order valence-electron chi connectivity index (χ4n) is 2.91. The molecule has 1 N–H and O–H groups in total. The van der Waals surface area contributed by atoms with Gasteiger partial charge in [-0.15, -0.1) is 0 Å². The second-order valence-electron chi connectivity index (χ2n) is 6.12. The number of carbonyl (C=O) groups excluding carboxylic acids is 1. The van der Waals surface area contributed by atoms with Gasteiger partial charge in [-0.25, -0.2) is 8.78 Å². The van der Waals surface area contributed by atoms with Crippen molar-refractivity contribution >= 4 is 11.6 Å². The van der Waals surface area contributed by atoms with Crippen LogP contribution in [-0.2, 0) is 6.54 Å². The van der Waals surface area contributed by atoms with E-state index in [2.05, 4.69) is 10.2 Å². The maximum atomic E-state index is 13.2. The summed E-state index contributed by atoms with van der Waals surface area (Å²) in [6.45, 7) is 3.18. The third-order valence-electron chi connectivity index (χ3n) is 4.25. The van der Waals surface area contributed by atoms with Crippen LogP contribution in [0.5, 0.6) is 0 Å². The first-order valence-electron chi connectivity index (χ1n) is 8.19. The highest BCUT2D eigenvalue weighted by molar-refractivity contribution is 6.04. The van der Waals surface area contributed by atoms with Crippen molar-refractivity contribution < 1.29 is 13.6 Å². The van der Waals surface area contributed by atoms with Gasteiger partial charge in [0.25, 0.3) is 5.91 Å². The van der Waals surface area contributed by atoms with Gasteiger partial charge in [-0.2, -0.15) is 0 Å². The number of nitrogens with zero attached hydrogens (tertiary/aromatic N) is 1. The molecular formula is C19H20F2N2O. The average molecular weight is 330 g/mol. The number of nitrogens with one attached hydrogen (secondary N) is 1. The van der Waals surface area contributed by atoms with Gasteiger partial charge in [0, 0.05) is 17.8 Å². The van der Waals surface area contributed by atoms with Crippen LogP contribution in [0, 0.1) is 11.6 Å². The Morgan fingerprint density at radius 2 is 1.67 bits per heavy atom. The second kappa shape index (κ2) is 7.53. The van der Waals surface area contributed by atoms with Crippen molar-refractivity contribution in [2.45, 2.75) is 25.8 Å². The number of benzene rings is 2. The number of hydrogen-bond acceptors (Lipinski definition) is 2. The summed E-state index contributed by atoms with van der Waals surface area (Å²) in [7, 11) is 0. The molecule has 126 valence electrons. The summed E-state index contributed by atoms with van der Waals surface area (Å²) in [5, 5.41) is 2.69. The van der Waals surface area contributed by atoms with E-state index >= 15 is 0 Å². The molecule has 1 aliphatic rings. The molecule has 3 nitrogen and oxygen atoms in total. The van der Waals surface area contributed by atoms with E-state index in [0.29, 0.717) is 5.69 Å². The highest BCUT2D eigenvalue weighted by atomic mass is 19.2. The molecular weight excluding hydrogens is 310 g/mol. The number of amides is 1. The number of anilines is 1. The molecule has 1 heterocycles. The lowest BCUT2D eigenvalue weighted by molar-refractivity contribution is 0.102. The van der Waals surface area contributed by atoms with Crippen molar-refractivity contribution in [1.29, 1.82) is 0 Å². The molecule has 1 fully saturated rings. The number of halogens is 2. The monoisotopic (exact) mass is 330 g/mol. The molecule has 2 aromatic carbocycles. The SMILES string of the molecule is O=C(Nc1ccc(CN2CCCCC2)cc1)c1ccc(F)c(F)c1. The minimum atomic E-state index is -1.03. The smallest absolute Gasteiger partial charge is 0.255 e. The average Bonchev–Trinajstić information content (AvgIpc) is 2.60. The zero-order chi connectivity index (χ0) is 16.9. The van der Waals surface area contributed by atoms with Gasteiger partial charge in [0.05, 0.1) is 0 Å². The summed E-state index contributed by atoms with van der Waals surface area (Å²) in [4.78, 5) is 14.5. The van der Waals surface area contributed by atoms with Gasteiger partial charge in [-0.3, -0.25) is 9.69 Å². The van der Waals surface area contributed by atoms with Crippen LogP contribution >= 0.6 is 0 Å². The number of likely N-dealkylation sites (tertiary alicyclic amines) is 1. The van der Waals surface area contributed by atoms with Crippen LogP contribution < -0.4 is 5.32 Å². The summed E-state index contributed by atoms with van der Waals surface area (Å²) >= 11 is 0. The second-order valence-corrected chi connectivity index (χ2v) is 6.12. The number of carbonyl (C=O) groups is 1. The molecule has 24 heavy (non-hydrogen) atoms. The van der Waals surface area contributed by atoms with Crippen molar-refractivity contribution in [3.8, 4) is 0 Å². The summed E-state index contributed by atoms with van der Waals surface area (Å²) in [6, 6.07) is 10.7. The number of rotatable bonds is 4. The molecule has 0 aliphatic carbocycles. The summed E-state index contributed by atoms with van der Waals surface area (Å²) < 4.78 is 26.1. The van der Waals surface area contributed by atoms with E-state index in [0.717, 1.165) is 31.8 Å². The predicted molar refractivity (Wildman–Crippen MR) is 89.9 cm³/mol. The van der Waals surface area contributed by atoms with Crippen LogP contribution in [0.1, 0.15) is 35.2 Å². The Morgan fingerprint density at radius 1 is 0.958 bits per heavy atom. The van der Waals surface area contributed by atoms with E-state index in [4.69, 9.17) is 0 Å². The third-order valence-corrected chi connectivity index (χ3v) is 4.25. The molecule has 1 aliphatic heterocycles. The van der Waals surface area contributed by atoms with E-state index in [1.807, 2.05) is 24.3 Å². The first kappa shape index (κ1) is 16.6. The standard InChI is InChI=1S/C19H20F2N2O/c20-17-9-6-15(12-18(17)21)19(24)22-16-7-4-14(5-8-16)13-23-10-2-1-3-11-23/h4-9,12H,1-3,10-11,13H2,(H,22,24). The van der Waals surface area contributed by atoms with Crippen LogP contribution in [0.2, 0.25) is 0 Å². The Kier molecular flexibility index (Phi) is 5.20. The van der Waals surface area contributed by atoms with E-state index < -0.39 is 17.5 Å². The molecule has 0 bridgehead atoms. The summed E-state index contributed by atoms with van der Waals surface area (Å²) in [6.07, 6.45) is 3.82. The predicted octanol–water partition coefficient (Wildman–Crippen LogP) is 4.20. The van der Waals surface area contributed by atoms with Crippen LogP contribution in [0.3, 0.4) is 0 Å². The maximum Gasteiger partial charge on any atom is 0.255 e. The Morgan fingerprint density at radius 3 is 2.33 bits per heavy atom. The lowest BCUT2D eigenvalue weighted by Gasteiger charge is -2.26. The van der Waals surface area contributed by atoms with Crippen LogP contribution in [0.4, 0.5) is 14.5 Å². The third kappa shape index (κ3) is 4.17. The van der Waals surface area contributed by atoms with Gasteiger partial charge >= 0.3 is 0 Å². The van der Waals surface area contributed by atoms with Crippen LogP contribution in [-0.4, -0.2) is 23.9 Å². The molecule has 0 spiro atoms. The molecule has 0 atom stereocenters. The highest BCUT2D eigenvalue weighted by Crippen LogP contribution is 2.16. The molecule has 5 heteroatoms. The van der Waals surface area contributed by atoms with Gasteiger partial charge in [0.15, 0.2) is 11.6 Å². The fourth-order valence-corrected chi connectivity index (χ4v) is 2.91. The van der Waals surface area contributed by atoms with Crippen LogP contribution in [0.15, 0.2) is 42.5 Å². The molecule has 1 saturated heterocycles. The minimum Gasteiger partial charge on any atom is -0.322 e. The largest absolute Gasteiger partial charge is 0.322 e. The van der Waals surface area contributed by atoms with Crippen molar-refractivity contribution in [2.75, 3.05) is 18.4 Å². The normalized spacial score (nSPS) is 15.2. The first-order chi connectivity index (χ1) is 11.6. The highest BCUT2D eigenvalue weighted by Gasteiger charge is 2.12. The zero-order valence-corrected chi connectivity index (χ0v) is 13.4. The molecule has 2 aromatic rings. The van der Waals surface area contributed by atoms with Gasteiger partial charge < -0.3 is 5.32 Å². The summed E-state index contributed by atoms with van der Waals surface area (Å²) in [5.74, 6) is -2.45. The van der Waals surface area contributed by atoms with Gasteiger partial charge in [0.2, 0.25) is 0 Å². The quantitative estimate of drug-likeness (QED) is 0.911. The van der Waals surface area contributed by atoms with Gasteiger partial charge in [-0.1, -0.05) is 18.6 Å². The Bertz CT molecular complexity index is 710. The van der Waals surface area contributed by atoms with Crippen LogP contribution in [0.25, 0.3) is 0 Å². The summed E-state index contributed by atoms with van der Waals surface area (Å²) in [5.41, 5.74) is 1.92. The lowest BCUT2D eigenvalue weighted by atomic mass is 10.1. The van der Waals surface area contributed by atoms with Crippen molar-refractivity contribution in [2.24, 2.45) is 0 Å². The topological polar surface area (TPSA) is 32.3 Å². The molecule has 0 aromatic heterocycles. The van der Waals surface area contributed by atoms with Crippen molar-refractivity contribution in [1.82, 2.24) is 4.90 Å². The van der Waals surface area contributed by atoms with Gasteiger partial charge in [0.1, 0.15) is 0 Å². The molecule has 0 radical (unpaired) electrons. The Labute approximate surface area is 140 Å². The number of piperidine rings is 1. The van der Waals surface area contributed by atoms with E-state index in [1.165, 1.54) is 30.9 Å². The molecule has 3 rings (SSSR count). The molecule has 0 unspecified atom stereocenters. The van der Waals surface area contributed by atoms with Gasteiger partial charge in [-0.05, 0) is 61.8 Å². The Hall–Kier alpha value is -2.27. The molecule has 0 saturated carbocycles. The fraction of sp³-hybridized carbons (Fsp3) is 0.316. The first-order valence-corrected chi connectivity index (χ1v) is 8.19. The van der Waals surface area contributed by atoms with E-state index in [-0.39, 0.29) is 5.56 Å². The Balaban J connectivity index is 1.60. The minimum absolute atomic E-state index is 0.0892. The van der Waals surface area contributed by atoms with E-state index in [9.17, 15) is 13.6 Å². The van der Waals surface area contributed by atoms with Crippen molar-refractivity contribution in [3.05, 3.63) is 65.2 Å². The molecule has 1 amide bonds. The zero-order valence-electron chi connectivity index (χ0n) is 13.4. The number of hydrogen-bond donors (Lipinski definition) is 1. The lowest BCUT2D eigenvalue weighted by Crippen LogP contribution is -2.29.